The standard InChI is InChI=1S/C11H8ClN3O4S/c1-15-11(13-8(16)9(17)14-15)20-7-3-2-5(10(18)19)4-6(7)12/h2-4H,1H3,(H,14,17)(H,18,19). The molecule has 0 aliphatic rings. The van der Waals surface area contributed by atoms with Crippen molar-refractivity contribution >= 4 is 29.3 Å². The molecule has 2 rings (SSSR count). The zero-order valence-corrected chi connectivity index (χ0v) is 11.7. The summed E-state index contributed by atoms with van der Waals surface area (Å²) in [4.78, 5) is 37.2. The SMILES string of the molecule is Cn1[nH]c(=O)c(=O)nc1Sc1ccc(C(=O)O)cc1Cl. The average Bonchev–Trinajstić information content (AvgIpc) is 2.37. The number of benzene rings is 1. The first-order chi connectivity index (χ1) is 9.38. The van der Waals surface area contributed by atoms with Gasteiger partial charge in [-0.15, -0.1) is 0 Å². The van der Waals surface area contributed by atoms with Crippen LogP contribution in [0.2, 0.25) is 5.02 Å². The second-order valence-corrected chi connectivity index (χ2v) is 5.17. The number of halogens is 1. The molecule has 0 fully saturated rings. The summed E-state index contributed by atoms with van der Waals surface area (Å²) in [5, 5.41) is 11.6. The van der Waals surface area contributed by atoms with Crippen LogP contribution >= 0.6 is 23.4 Å². The third-order valence-electron chi connectivity index (χ3n) is 2.33. The number of hydrogen-bond acceptors (Lipinski definition) is 5. The topological polar surface area (TPSA) is 105 Å². The van der Waals surface area contributed by atoms with Gasteiger partial charge >= 0.3 is 17.1 Å². The van der Waals surface area contributed by atoms with Gasteiger partial charge in [-0.25, -0.2) is 4.79 Å². The first kappa shape index (κ1) is 14.4. The maximum atomic E-state index is 11.2. The van der Waals surface area contributed by atoms with Gasteiger partial charge in [0.2, 0.25) is 0 Å². The van der Waals surface area contributed by atoms with Crippen molar-refractivity contribution in [1.29, 1.82) is 0 Å². The lowest BCUT2D eigenvalue weighted by Gasteiger charge is -2.07. The maximum Gasteiger partial charge on any atom is 0.339 e. The molecule has 0 spiro atoms. The van der Waals surface area contributed by atoms with E-state index in [2.05, 4.69) is 10.1 Å². The molecule has 9 heteroatoms. The van der Waals surface area contributed by atoms with Crippen molar-refractivity contribution in [3.8, 4) is 0 Å². The van der Waals surface area contributed by atoms with Crippen LogP contribution in [0.4, 0.5) is 0 Å². The Morgan fingerprint density at radius 2 is 2.15 bits per heavy atom. The summed E-state index contributed by atoms with van der Waals surface area (Å²) in [5.41, 5.74) is -1.66. The number of rotatable bonds is 3. The van der Waals surface area contributed by atoms with Gasteiger partial charge in [0.15, 0.2) is 5.16 Å². The van der Waals surface area contributed by atoms with E-state index < -0.39 is 17.1 Å². The van der Waals surface area contributed by atoms with Crippen molar-refractivity contribution in [2.75, 3.05) is 0 Å². The van der Waals surface area contributed by atoms with Crippen molar-refractivity contribution in [3.63, 3.8) is 0 Å². The number of nitrogens with one attached hydrogen (secondary N) is 1. The Hall–Kier alpha value is -2.06. The zero-order valence-electron chi connectivity index (χ0n) is 10.1. The molecule has 0 radical (unpaired) electrons. The molecule has 1 heterocycles. The average molecular weight is 314 g/mol. The van der Waals surface area contributed by atoms with Crippen LogP contribution in [0.1, 0.15) is 10.4 Å². The fraction of sp³-hybridized carbons (Fsp3) is 0.0909. The second-order valence-electron chi connectivity index (χ2n) is 3.75. The predicted octanol–water partition coefficient (Wildman–Crippen LogP) is 0.971. The van der Waals surface area contributed by atoms with Crippen LogP contribution in [0.5, 0.6) is 0 Å². The Morgan fingerprint density at radius 1 is 1.45 bits per heavy atom. The molecule has 104 valence electrons. The monoisotopic (exact) mass is 313 g/mol. The summed E-state index contributed by atoms with van der Waals surface area (Å²) >= 11 is 7.02. The molecule has 0 aliphatic carbocycles. The summed E-state index contributed by atoms with van der Waals surface area (Å²) in [6, 6.07) is 4.20. The molecular weight excluding hydrogens is 306 g/mol. The van der Waals surface area contributed by atoms with Crippen LogP contribution in [-0.2, 0) is 7.05 Å². The highest BCUT2D eigenvalue weighted by atomic mass is 35.5. The first-order valence-corrected chi connectivity index (χ1v) is 6.46. The summed E-state index contributed by atoms with van der Waals surface area (Å²) in [6.45, 7) is 0. The highest BCUT2D eigenvalue weighted by Gasteiger charge is 2.11. The van der Waals surface area contributed by atoms with E-state index in [0.717, 1.165) is 11.8 Å². The molecule has 0 atom stereocenters. The van der Waals surface area contributed by atoms with E-state index in [0.29, 0.717) is 4.90 Å². The Balaban J connectivity index is 2.40. The van der Waals surface area contributed by atoms with Gasteiger partial charge in [-0.05, 0) is 30.0 Å². The number of H-pyrrole nitrogens is 1. The third-order valence-corrected chi connectivity index (χ3v) is 3.88. The number of aromatic nitrogens is 3. The number of aromatic amines is 1. The van der Waals surface area contributed by atoms with Crippen molar-refractivity contribution in [3.05, 3.63) is 49.5 Å². The van der Waals surface area contributed by atoms with E-state index in [-0.39, 0.29) is 15.7 Å². The van der Waals surface area contributed by atoms with E-state index >= 15 is 0 Å². The number of carboxylic acids is 1. The lowest BCUT2D eigenvalue weighted by atomic mass is 10.2. The lowest BCUT2D eigenvalue weighted by Crippen LogP contribution is -2.33. The highest BCUT2D eigenvalue weighted by Crippen LogP contribution is 2.31. The largest absolute Gasteiger partial charge is 0.478 e. The molecule has 20 heavy (non-hydrogen) atoms. The Kier molecular flexibility index (Phi) is 3.96. The minimum Gasteiger partial charge on any atom is -0.478 e. The number of hydrogen-bond donors (Lipinski definition) is 2. The molecule has 0 saturated carbocycles. The normalized spacial score (nSPS) is 10.5. The summed E-state index contributed by atoms with van der Waals surface area (Å²) in [6.07, 6.45) is 0. The number of carboxylic acid groups (broad SMARTS) is 1. The van der Waals surface area contributed by atoms with E-state index in [9.17, 15) is 14.4 Å². The van der Waals surface area contributed by atoms with Crippen molar-refractivity contribution in [2.24, 2.45) is 7.05 Å². The smallest absolute Gasteiger partial charge is 0.339 e. The summed E-state index contributed by atoms with van der Waals surface area (Å²) in [5.74, 6) is -1.09. The quantitative estimate of drug-likeness (QED) is 0.818. The number of nitrogens with zero attached hydrogens (tertiary/aromatic N) is 2. The number of carbonyl (C=O) groups is 1. The molecule has 2 aromatic rings. The fourth-order valence-electron chi connectivity index (χ4n) is 1.37. The molecule has 1 aromatic carbocycles. The molecule has 0 unspecified atom stereocenters. The molecule has 0 amide bonds. The molecular formula is C11H8ClN3O4S. The molecule has 0 aliphatic heterocycles. The van der Waals surface area contributed by atoms with Gasteiger partial charge in [0, 0.05) is 11.9 Å². The minimum atomic E-state index is -1.09. The molecule has 7 nitrogen and oxygen atoms in total. The third kappa shape index (κ3) is 2.91. The number of aromatic carboxylic acids is 1. The van der Waals surface area contributed by atoms with Crippen LogP contribution in [0.25, 0.3) is 0 Å². The zero-order chi connectivity index (χ0) is 14.9. The van der Waals surface area contributed by atoms with Gasteiger partial charge in [0.05, 0.1) is 10.6 Å². The Labute approximate surface area is 121 Å². The van der Waals surface area contributed by atoms with Crippen LogP contribution in [0.15, 0.2) is 37.8 Å². The van der Waals surface area contributed by atoms with E-state index in [1.54, 1.807) is 0 Å². The van der Waals surface area contributed by atoms with Crippen LogP contribution in [0.3, 0.4) is 0 Å². The van der Waals surface area contributed by atoms with E-state index in [1.165, 1.54) is 29.9 Å². The van der Waals surface area contributed by atoms with Crippen LogP contribution in [0, 0.1) is 0 Å². The van der Waals surface area contributed by atoms with Crippen LogP contribution in [-0.4, -0.2) is 25.8 Å². The van der Waals surface area contributed by atoms with Gasteiger partial charge in [-0.2, -0.15) is 4.98 Å². The summed E-state index contributed by atoms with van der Waals surface area (Å²) in [7, 11) is 1.52. The fourth-order valence-corrected chi connectivity index (χ4v) is 2.46. The Morgan fingerprint density at radius 3 is 2.75 bits per heavy atom. The molecule has 2 N–H and O–H groups in total. The van der Waals surface area contributed by atoms with Crippen molar-refractivity contribution < 1.29 is 9.90 Å². The molecule has 1 aromatic heterocycles. The summed E-state index contributed by atoms with van der Waals surface area (Å²) < 4.78 is 1.29. The van der Waals surface area contributed by atoms with Gasteiger partial charge in [-0.3, -0.25) is 19.4 Å². The van der Waals surface area contributed by atoms with Crippen molar-refractivity contribution in [1.82, 2.24) is 14.8 Å². The second kappa shape index (κ2) is 5.51. The maximum absolute atomic E-state index is 11.2. The van der Waals surface area contributed by atoms with Gasteiger partial charge < -0.3 is 5.11 Å². The van der Waals surface area contributed by atoms with Crippen LogP contribution < -0.4 is 11.1 Å². The van der Waals surface area contributed by atoms with E-state index in [4.69, 9.17) is 16.7 Å². The number of aryl methyl sites for hydroxylation is 1. The predicted molar refractivity (Wildman–Crippen MR) is 72.6 cm³/mol. The Bertz CT molecular complexity index is 799. The molecule has 0 saturated heterocycles. The van der Waals surface area contributed by atoms with Gasteiger partial charge in [0.1, 0.15) is 0 Å². The highest BCUT2D eigenvalue weighted by molar-refractivity contribution is 7.99. The van der Waals surface area contributed by atoms with Crippen molar-refractivity contribution in [2.45, 2.75) is 10.1 Å². The van der Waals surface area contributed by atoms with Gasteiger partial charge in [0.25, 0.3) is 0 Å². The van der Waals surface area contributed by atoms with Gasteiger partial charge in [-0.1, -0.05) is 11.6 Å². The lowest BCUT2D eigenvalue weighted by molar-refractivity contribution is 0.0697. The van der Waals surface area contributed by atoms with E-state index in [1.807, 2.05) is 0 Å². The minimum absolute atomic E-state index is 0.0580. The first-order valence-electron chi connectivity index (χ1n) is 5.26. The molecule has 0 bridgehead atoms.